The largest absolute Gasteiger partial charge is 0.486 e. The summed E-state index contributed by atoms with van der Waals surface area (Å²) in [5, 5.41) is 2.98. The van der Waals surface area contributed by atoms with E-state index in [0.29, 0.717) is 36.0 Å². The van der Waals surface area contributed by atoms with Crippen molar-refractivity contribution >= 4 is 29.0 Å². The second-order valence-electron chi connectivity index (χ2n) is 4.40. The zero-order valence-electron chi connectivity index (χ0n) is 10.9. The Labute approximate surface area is 125 Å². The van der Waals surface area contributed by atoms with E-state index in [1.165, 1.54) is 12.3 Å². The molecule has 108 valence electrons. The van der Waals surface area contributed by atoms with Gasteiger partial charge in [-0.1, -0.05) is 11.6 Å². The van der Waals surface area contributed by atoms with E-state index in [4.69, 9.17) is 26.8 Å². The minimum Gasteiger partial charge on any atom is -0.486 e. The summed E-state index contributed by atoms with van der Waals surface area (Å²) < 4.78 is 10.9. The number of fused-ring (bicyclic) bond motifs is 1. The third kappa shape index (κ3) is 2.85. The van der Waals surface area contributed by atoms with Crippen molar-refractivity contribution in [2.75, 3.05) is 24.3 Å². The third-order valence-corrected chi connectivity index (χ3v) is 3.23. The number of pyridine rings is 1. The number of benzene rings is 1. The van der Waals surface area contributed by atoms with Gasteiger partial charge in [0.15, 0.2) is 11.5 Å². The molecule has 21 heavy (non-hydrogen) atoms. The number of nitrogen functional groups attached to an aromatic ring is 1. The van der Waals surface area contributed by atoms with Crippen LogP contribution in [-0.4, -0.2) is 24.1 Å². The Morgan fingerprint density at radius 3 is 2.76 bits per heavy atom. The summed E-state index contributed by atoms with van der Waals surface area (Å²) in [6.45, 7) is 1.01. The molecular formula is C14H12ClN3O3. The van der Waals surface area contributed by atoms with Crippen LogP contribution in [0.15, 0.2) is 30.5 Å². The van der Waals surface area contributed by atoms with Gasteiger partial charge in [0, 0.05) is 18.0 Å². The van der Waals surface area contributed by atoms with E-state index in [-0.39, 0.29) is 16.7 Å². The highest BCUT2D eigenvalue weighted by Gasteiger charge is 2.14. The lowest BCUT2D eigenvalue weighted by Gasteiger charge is -2.19. The van der Waals surface area contributed by atoms with Crippen molar-refractivity contribution in [3.63, 3.8) is 0 Å². The molecule has 7 heteroatoms. The first-order chi connectivity index (χ1) is 10.1. The van der Waals surface area contributed by atoms with Crippen LogP contribution in [0.5, 0.6) is 11.5 Å². The van der Waals surface area contributed by atoms with Crippen LogP contribution in [-0.2, 0) is 0 Å². The molecule has 0 radical (unpaired) electrons. The number of carbonyl (C=O) groups is 1. The van der Waals surface area contributed by atoms with Crippen LogP contribution in [0.3, 0.4) is 0 Å². The number of nitrogens with two attached hydrogens (primary N) is 1. The lowest BCUT2D eigenvalue weighted by molar-refractivity contribution is 0.102. The number of hydrogen-bond acceptors (Lipinski definition) is 5. The quantitative estimate of drug-likeness (QED) is 0.889. The Bertz CT molecular complexity index is 706. The summed E-state index contributed by atoms with van der Waals surface area (Å²) in [7, 11) is 0. The van der Waals surface area contributed by atoms with Gasteiger partial charge in [0.25, 0.3) is 5.91 Å². The van der Waals surface area contributed by atoms with Crippen LogP contribution in [0.2, 0.25) is 5.02 Å². The standard InChI is InChI=1S/C14H12ClN3O3/c15-10-5-8(7-17-13(10)16)14(19)18-9-1-2-11-12(6-9)21-4-3-20-11/h1-2,5-7H,3-4H2,(H2,16,17)(H,18,19). The Kier molecular flexibility index (Phi) is 3.53. The van der Waals surface area contributed by atoms with Gasteiger partial charge < -0.3 is 20.5 Å². The van der Waals surface area contributed by atoms with E-state index < -0.39 is 0 Å². The molecule has 1 aliphatic rings. The summed E-state index contributed by atoms with van der Waals surface area (Å²) in [5.74, 6) is 1.12. The molecule has 1 aromatic carbocycles. The minimum absolute atomic E-state index is 0.188. The molecule has 0 fully saturated rings. The average molecular weight is 306 g/mol. The molecule has 6 nitrogen and oxygen atoms in total. The SMILES string of the molecule is Nc1ncc(C(=O)Nc2ccc3c(c2)OCCO3)cc1Cl. The average Bonchev–Trinajstić information content (AvgIpc) is 2.50. The van der Waals surface area contributed by atoms with Crippen molar-refractivity contribution in [3.8, 4) is 11.5 Å². The van der Waals surface area contributed by atoms with Crippen LogP contribution < -0.4 is 20.5 Å². The molecule has 0 saturated carbocycles. The van der Waals surface area contributed by atoms with E-state index >= 15 is 0 Å². The lowest BCUT2D eigenvalue weighted by atomic mass is 10.2. The van der Waals surface area contributed by atoms with Crippen molar-refractivity contribution in [3.05, 3.63) is 41.0 Å². The number of amides is 1. The van der Waals surface area contributed by atoms with Crippen molar-refractivity contribution in [2.24, 2.45) is 0 Å². The van der Waals surface area contributed by atoms with E-state index in [1.54, 1.807) is 18.2 Å². The molecule has 0 bridgehead atoms. The molecule has 3 rings (SSSR count). The van der Waals surface area contributed by atoms with Gasteiger partial charge in [-0.15, -0.1) is 0 Å². The number of halogens is 1. The first-order valence-electron chi connectivity index (χ1n) is 6.25. The van der Waals surface area contributed by atoms with Gasteiger partial charge in [-0.05, 0) is 18.2 Å². The van der Waals surface area contributed by atoms with Crippen LogP contribution >= 0.6 is 11.6 Å². The minimum atomic E-state index is -0.332. The first-order valence-corrected chi connectivity index (χ1v) is 6.63. The summed E-state index contributed by atoms with van der Waals surface area (Å²) in [5.41, 5.74) is 6.43. The van der Waals surface area contributed by atoms with Gasteiger partial charge in [0.1, 0.15) is 19.0 Å². The van der Waals surface area contributed by atoms with Gasteiger partial charge in [0.2, 0.25) is 0 Å². The third-order valence-electron chi connectivity index (χ3n) is 2.93. The highest BCUT2D eigenvalue weighted by Crippen LogP contribution is 2.32. The number of hydrogen-bond donors (Lipinski definition) is 2. The monoisotopic (exact) mass is 305 g/mol. The summed E-state index contributed by atoms with van der Waals surface area (Å²) in [4.78, 5) is 16.0. The van der Waals surface area contributed by atoms with Gasteiger partial charge in [-0.2, -0.15) is 0 Å². The second-order valence-corrected chi connectivity index (χ2v) is 4.81. The van der Waals surface area contributed by atoms with Crippen molar-refractivity contribution in [1.29, 1.82) is 0 Å². The van der Waals surface area contributed by atoms with Gasteiger partial charge in [-0.25, -0.2) is 4.98 Å². The maximum atomic E-state index is 12.1. The van der Waals surface area contributed by atoms with Gasteiger partial charge in [-0.3, -0.25) is 4.79 Å². The topological polar surface area (TPSA) is 86.5 Å². The zero-order chi connectivity index (χ0) is 14.8. The van der Waals surface area contributed by atoms with Crippen LogP contribution in [0.1, 0.15) is 10.4 Å². The molecule has 0 atom stereocenters. The molecule has 0 unspecified atom stereocenters. The highest BCUT2D eigenvalue weighted by atomic mass is 35.5. The van der Waals surface area contributed by atoms with E-state index in [2.05, 4.69) is 10.3 Å². The Hall–Kier alpha value is -2.47. The zero-order valence-corrected chi connectivity index (χ0v) is 11.7. The molecule has 1 amide bonds. The Balaban J connectivity index is 1.79. The van der Waals surface area contributed by atoms with Crippen molar-refractivity contribution < 1.29 is 14.3 Å². The fourth-order valence-corrected chi connectivity index (χ4v) is 2.06. The Morgan fingerprint density at radius 1 is 1.24 bits per heavy atom. The normalized spacial score (nSPS) is 12.8. The number of nitrogens with zero attached hydrogens (tertiary/aromatic N) is 1. The number of carbonyl (C=O) groups excluding carboxylic acids is 1. The summed E-state index contributed by atoms with van der Waals surface area (Å²) in [6.07, 6.45) is 1.37. The smallest absolute Gasteiger partial charge is 0.257 e. The molecule has 2 heterocycles. The predicted octanol–water partition coefficient (Wildman–Crippen LogP) is 2.34. The molecule has 0 spiro atoms. The number of anilines is 2. The molecule has 1 aliphatic heterocycles. The molecule has 0 saturated heterocycles. The number of ether oxygens (including phenoxy) is 2. The molecule has 2 aromatic rings. The first kappa shape index (κ1) is 13.5. The molecule has 1 aromatic heterocycles. The van der Waals surface area contributed by atoms with Gasteiger partial charge in [0.05, 0.1) is 10.6 Å². The number of nitrogens with one attached hydrogen (secondary N) is 1. The summed E-state index contributed by atoms with van der Waals surface area (Å²) >= 11 is 5.85. The predicted molar refractivity (Wildman–Crippen MR) is 79.0 cm³/mol. The maximum absolute atomic E-state index is 12.1. The fourth-order valence-electron chi connectivity index (χ4n) is 1.90. The van der Waals surface area contributed by atoms with Crippen LogP contribution in [0.4, 0.5) is 11.5 Å². The molecule has 0 aliphatic carbocycles. The number of rotatable bonds is 2. The van der Waals surface area contributed by atoms with E-state index in [0.717, 1.165) is 0 Å². The lowest BCUT2D eigenvalue weighted by Crippen LogP contribution is -2.16. The Morgan fingerprint density at radius 2 is 2.00 bits per heavy atom. The van der Waals surface area contributed by atoms with Crippen LogP contribution in [0, 0.1) is 0 Å². The van der Waals surface area contributed by atoms with Crippen molar-refractivity contribution in [2.45, 2.75) is 0 Å². The van der Waals surface area contributed by atoms with Crippen molar-refractivity contribution in [1.82, 2.24) is 4.98 Å². The second kappa shape index (κ2) is 5.49. The summed E-state index contributed by atoms with van der Waals surface area (Å²) in [6, 6.07) is 6.66. The number of aromatic nitrogens is 1. The molecular weight excluding hydrogens is 294 g/mol. The van der Waals surface area contributed by atoms with E-state index in [1.807, 2.05) is 0 Å². The highest BCUT2D eigenvalue weighted by molar-refractivity contribution is 6.33. The molecule has 3 N–H and O–H groups in total. The van der Waals surface area contributed by atoms with Crippen LogP contribution in [0.25, 0.3) is 0 Å². The van der Waals surface area contributed by atoms with E-state index in [9.17, 15) is 4.79 Å². The maximum Gasteiger partial charge on any atom is 0.257 e. The fraction of sp³-hybridized carbons (Fsp3) is 0.143. The van der Waals surface area contributed by atoms with Gasteiger partial charge >= 0.3 is 0 Å².